The predicted octanol–water partition coefficient (Wildman–Crippen LogP) is 18.6. The molecule has 0 atom stereocenters. The number of aromatic nitrogens is 2. The van der Waals surface area contributed by atoms with Crippen LogP contribution in [-0.4, -0.2) is 15.8 Å². The fraction of sp³-hybridized carbons (Fsp3) is 0. The molecule has 0 radical (unpaired) electrons. The summed E-state index contributed by atoms with van der Waals surface area (Å²) in [7, 11) is 0. The van der Waals surface area contributed by atoms with Crippen LogP contribution in [0.4, 0.5) is 34.1 Å². The second-order valence-corrected chi connectivity index (χ2v) is 22.0. The Morgan fingerprint density at radius 1 is 0.205 bits per heavy atom. The number of anilines is 6. The molecule has 17 rings (SSSR count). The van der Waals surface area contributed by atoms with Gasteiger partial charge in [0.1, 0.15) is 0 Å². The van der Waals surface area contributed by atoms with Crippen molar-refractivity contribution in [3.8, 4) is 55.9 Å². The zero-order valence-corrected chi connectivity index (χ0v) is 45.3. The largest absolute Gasteiger partial charge is 0.311 e. The molecule has 0 saturated carbocycles. The van der Waals surface area contributed by atoms with Crippen molar-refractivity contribution >= 4 is 101 Å². The van der Waals surface area contributed by atoms with E-state index in [1.54, 1.807) is 0 Å². The summed E-state index contributed by atoms with van der Waals surface area (Å²) in [6.45, 7) is -0.130. The normalized spacial score (nSPS) is 12.5. The molecule has 0 saturated heterocycles. The topological polar surface area (TPSA) is 16.3 Å². The van der Waals surface area contributed by atoms with E-state index in [1.807, 2.05) is 0 Å². The molecule has 83 heavy (non-hydrogen) atoms. The highest BCUT2D eigenvalue weighted by molar-refractivity contribution is 7.00. The molecule has 0 bridgehead atoms. The van der Waals surface area contributed by atoms with Crippen LogP contribution in [0.2, 0.25) is 0 Å². The van der Waals surface area contributed by atoms with Gasteiger partial charge in [-0.3, -0.25) is 0 Å². The summed E-state index contributed by atoms with van der Waals surface area (Å²) in [6.07, 6.45) is 0. The lowest BCUT2D eigenvalue weighted by Gasteiger charge is -2.44. The predicted molar refractivity (Wildman–Crippen MR) is 351 cm³/mol. The minimum Gasteiger partial charge on any atom is -0.311 e. The van der Waals surface area contributed by atoms with Gasteiger partial charge >= 0.3 is 0 Å². The molecule has 0 amide bonds. The molecular formula is C78H51BN4. The Labute approximate surface area is 482 Å². The summed E-state index contributed by atoms with van der Waals surface area (Å²) < 4.78 is 4.92. The lowest BCUT2D eigenvalue weighted by molar-refractivity contribution is 1.17. The third-order valence-electron chi connectivity index (χ3n) is 17.4. The van der Waals surface area contributed by atoms with Gasteiger partial charge in [-0.1, -0.05) is 212 Å². The maximum absolute atomic E-state index is 2.58. The third-order valence-corrected chi connectivity index (χ3v) is 17.4. The summed E-state index contributed by atoms with van der Waals surface area (Å²) in [4.78, 5) is 5.15. The van der Waals surface area contributed by atoms with Crippen molar-refractivity contribution in [2.75, 3.05) is 9.80 Å². The maximum atomic E-state index is 2.58. The second-order valence-electron chi connectivity index (χ2n) is 22.0. The van der Waals surface area contributed by atoms with Crippen LogP contribution in [-0.2, 0) is 0 Å². The lowest BCUT2D eigenvalue weighted by Crippen LogP contribution is -2.61. The zero-order valence-electron chi connectivity index (χ0n) is 45.3. The number of fused-ring (bicyclic) bond motifs is 10. The molecule has 5 heteroatoms. The average molecular weight is 1060 g/mol. The van der Waals surface area contributed by atoms with Crippen molar-refractivity contribution in [1.82, 2.24) is 9.13 Å². The molecular weight excluding hydrogens is 1000 g/mol. The first kappa shape index (κ1) is 47.0. The van der Waals surface area contributed by atoms with E-state index >= 15 is 0 Å². The van der Waals surface area contributed by atoms with E-state index in [0.717, 1.165) is 67.8 Å². The van der Waals surface area contributed by atoms with Crippen molar-refractivity contribution in [2.24, 2.45) is 0 Å². The van der Waals surface area contributed by atoms with Crippen molar-refractivity contribution in [3.05, 3.63) is 309 Å². The number of para-hydroxylation sites is 4. The van der Waals surface area contributed by atoms with Crippen LogP contribution in [0.15, 0.2) is 309 Å². The van der Waals surface area contributed by atoms with Crippen LogP contribution >= 0.6 is 0 Å². The molecule has 15 aromatic rings. The van der Waals surface area contributed by atoms with Gasteiger partial charge in [0.05, 0.1) is 22.1 Å². The summed E-state index contributed by atoms with van der Waals surface area (Å²) >= 11 is 0. The molecule has 0 spiro atoms. The van der Waals surface area contributed by atoms with E-state index < -0.39 is 0 Å². The van der Waals surface area contributed by atoms with Crippen LogP contribution in [0.1, 0.15) is 0 Å². The summed E-state index contributed by atoms with van der Waals surface area (Å²) in [5.74, 6) is 0. The number of benzene rings is 13. The Morgan fingerprint density at radius 3 is 0.831 bits per heavy atom. The Hall–Kier alpha value is -10.9. The van der Waals surface area contributed by atoms with Gasteiger partial charge in [0, 0.05) is 67.0 Å². The van der Waals surface area contributed by atoms with Gasteiger partial charge in [0.2, 0.25) is 0 Å². The van der Waals surface area contributed by atoms with E-state index in [-0.39, 0.29) is 6.71 Å². The average Bonchev–Trinajstić information content (AvgIpc) is 1.48. The van der Waals surface area contributed by atoms with Crippen molar-refractivity contribution in [3.63, 3.8) is 0 Å². The first-order valence-corrected chi connectivity index (χ1v) is 28.7. The Bertz CT molecular complexity index is 4510. The zero-order chi connectivity index (χ0) is 54.5. The van der Waals surface area contributed by atoms with E-state index in [9.17, 15) is 0 Å². The molecule has 0 aliphatic carbocycles. The van der Waals surface area contributed by atoms with Crippen LogP contribution in [0.5, 0.6) is 0 Å². The van der Waals surface area contributed by atoms with Crippen molar-refractivity contribution in [2.45, 2.75) is 0 Å². The summed E-state index contributed by atoms with van der Waals surface area (Å²) in [6, 6.07) is 115. The second kappa shape index (κ2) is 18.9. The SMILES string of the molecule is c1ccc(-c2cc(-c3ccccc3)cc(N3c4cc(-n5c6ccccc6c6ccccc65)ccc4B4c5ccc(-n6c7ccccc7c7ccccc76)cc5N(c5cc(-c6ccccc6)cc(-c6ccccc6)c5)c5cccc3c54)c2)cc1. The van der Waals surface area contributed by atoms with Crippen LogP contribution in [0.3, 0.4) is 0 Å². The van der Waals surface area contributed by atoms with Gasteiger partial charge in [0.15, 0.2) is 0 Å². The van der Waals surface area contributed by atoms with Gasteiger partial charge in [-0.25, -0.2) is 0 Å². The smallest absolute Gasteiger partial charge is 0.252 e. The lowest BCUT2D eigenvalue weighted by atomic mass is 9.33. The molecule has 386 valence electrons. The van der Waals surface area contributed by atoms with Gasteiger partial charge in [-0.05, 0) is 158 Å². The van der Waals surface area contributed by atoms with E-state index in [4.69, 9.17) is 0 Å². The quantitative estimate of drug-likeness (QED) is 0.141. The molecule has 13 aromatic carbocycles. The van der Waals surface area contributed by atoms with Gasteiger partial charge in [-0.2, -0.15) is 0 Å². The number of hydrogen-bond donors (Lipinski definition) is 0. The first-order valence-electron chi connectivity index (χ1n) is 28.7. The first-order chi connectivity index (χ1) is 41.2. The molecule has 4 heterocycles. The summed E-state index contributed by atoms with van der Waals surface area (Å²) in [5.41, 5.74) is 26.8. The maximum Gasteiger partial charge on any atom is 0.252 e. The highest BCUT2D eigenvalue weighted by Crippen LogP contribution is 2.48. The van der Waals surface area contributed by atoms with E-state index in [0.29, 0.717) is 0 Å². The fourth-order valence-corrected chi connectivity index (χ4v) is 13.8. The van der Waals surface area contributed by atoms with Gasteiger partial charge in [-0.15, -0.1) is 0 Å². The monoisotopic (exact) mass is 1050 g/mol. The molecule has 2 aromatic heterocycles. The number of rotatable bonds is 8. The molecule has 0 N–H and O–H groups in total. The minimum absolute atomic E-state index is 0.130. The molecule has 2 aliphatic rings. The number of hydrogen-bond acceptors (Lipinski definition) is 2. The van der Waals surface area contributed by atoms with Gasteiger partial charge in [0.25, 0.3) is 6.71 Å². The molecule has 2 aliphatic heterocycles. The number of nitrogens with zero attached hydrogens (tertiary/aromatic N) is 4. The highest BCUT2D eigenvalue weighted by Gasteiger charge is 2.44. The van der Waals surface area contributed by atoms with Crippen molar-refractivity contribution < 1.29 is 0 Å². The van der Waals surface area contributed by atoms with E-state index in [2.05, 4.69) is 328 Å². The van der Waals surface area contributed by atoms with Crippen LogP contribution < -0.4 is 26.2 Å². The highest BCUT2D eigenvalue weighted by atomic mass is 15.2. The Morgan fingerprint density at radius 2 is 0.506 bits per heavy atom. The fourth-order valence-electron chi connectivity index (χ4n) is 13.8. The minimum atomic E-state index is -0.130. The van der Waals surface area contributed by atoms with Crippen molar-refractivity contribution in [1.29, 1.82) is 0 Å². The Balaban J connectivity index is 0.974. The molecule has 4 nitrogen and oxygen atoms in total. The van der Waals surface area contributed by atoms with E-state index in [1.165, 1.54) is 82.3 Å². The molecule has 0 fully saturated rings. The standard InChI is InChI=1S/C78H51BN4/c1-5-22-52(23-6-1)56-44-57(53-24-7-2-8-25-53)47-62(46-56)82-74-38-21-39-75-78(74)79(68-42-40-60(50-76(68)82)80-70-34-17-13-30-64(70)65-31-14-18-35-71(65)80)69-43-41-61(81-72-36-19-15-32-66(72)67-33-16-20-37-73(67)81)51-77(69)83(75)63-48-58(54-26-9-3-10-27-54)45-59(49-63)55-28-11-4-12-29-55/h1-51H. The molecule has 0 unspecified atom stereocenters. The third kappa shape index (κ3) is 7.48. The van der Waals surface area contributed by atoms with Gasteiger partial charge < -0.3 is 18.9 Å². The van der Waals surface area contributed by atoms with Crippen LogP contribution in [0.25, 0.3) is 99.5 Å². The Kier molecular flexibility index (Phi) is 10.7. The van der Waals surface area contributed by atoms with Crippen LogP contribution in [0, 0.1) is 0 Å². The summed E-state index contributed by atoms with van der Waals surface area (Å²) in [5, 5.41) is 4.95.